The van der Waals surface area contributed by atoms with Crippen LogP contribution in [0.4, 0.5) is 5.69 Å². The van der Waals surface area contributed by atoms with Crippen molar-refractivity contribution < 1.29 is 19.2 Å². The summed E-state index contributed by atoms with van der Waals surface area (Å²) >= 11 is 0. The number of methoxy groups -OCH3 is 1. The van der Waals surface area contributed by atoms with E-state index < -0.39 is 11.0 Å². The number of fused-ring (bicyclic) bond motifs is 3. The van der Waals surface area contributed by atoms with Gasteiger partial charge in [0.25, 0.3) is 5.69 Å². The highest BCUT2D eigenvalue weighted by Gasteiger charge is 2.21. The van der Waals surface area contributed by atoms with Crippen LogP contribution < -0.4 is 4.74 Å². The molecule has 2 aromatic carbocycles. The van der Waals surface area contributed by atoms with Crippen molar-refractivity contribution in [3.05, 3.63) is 46.0 Å². The molecule has 0 aliphatic carbocycles. The first kappa shape index (κ1) is 13.4. The third-order valence-electron chi connectivity index (χ3n) is 3.47. The predicted molar refractivity (Wildman–Crippen MR) is 77.6 cm³/mol. The zero-order valence-electron chi connectivity index (χ0n) is 11.5. The van der Waals surface area contributed by atoms with E-state index in [-0.39, 0.29) is 11.3 Å². The van der Waals surface area contributed by atoms with Gasteiger partial charge in [-0.3, -0.25) is 10.1 Å². The number of nitro benzene ring substituents is 1. The Labute approximate surface area is 119 Å². The van der Waals surface area contributed by atoms with E-state index in [2.05, 4.69) is 0 Å². The maximum Gasteiger partial charge on any atom is 0.278 e. The Bertz CT molecular complexity index is 850. The Hall–Kier alpha value is -2.60. The van der Waals surface area contributed by atoms with E-state index in [1.165, 1.54) is 13.0 Å². The summed E-state index contributed by atoms with van der Waals surface area (Å²) in [7, 11) is 1.56. The second-order valence-corrected chi connectivity index (χ2v) is 4.80. The molecule has 1 N–H and O–H groups in total. The van der Waals surface area contributed by atoms with Gasteiger partial charge in [-0.2, -0.15) is 0 Å². The molecule has 0 saturated carbocycles. The smallest absolute Gasteiger partial charge is 0.278 e. The van der Waals surface area contributed by atoms with Crippen molar-refractivity contribution in [2.24, 2.45) is 0 Å². The minimum atomic E-state index is -0.932. The summed E-state index contributed by atoms with van der Waals surface area (Å²) in [5.41, 5.74) is 1.12. The van der Waals surface area contributed by atoms with Crippen molar-refractivity contribution in [2.45, 2.75) is 13.0 Å². The number of hydrogen-bond donors (Lipinski definition) is 1. The van der Waals surface area contributed by atoms with E-state index in [9.17, 15) is 15.2 Å². The lowest BCUT2D eigenvalue weighted by atomic mass is 10.0. The van der Waals surface area contributed by atoms with Crippen LogP contribution >= 0.6 is 0 Å². The number of aliphatic hydroxyl groups excluding tert-OH is 1. The van der Waals surface area contributed by atoms with Crippen LogP contribution in [0.15, 0.2) is 34.7 Å². The Kier molecular flexibility index (Phi) is 3.03. The number of nitrogens with zero attached hydrogens (tertiary/aromatic N) is 1. The van der Waals surface area contributed by atoms with Crippen LogP contribution in [0.25, 0.3) is 21.9 Å². The molecule has 0 fully saturated rings. The molecule has 0 aliphatic rings. The van der Waals surface area contributed by atoms with E-state index in [0.29, 0.717) is 16.9 Å². The highest BCUT2D eigenvalue weighted by molar-refractivity contribution is 6.06. The molecule has 6 nitrogen and oxygen atoms in total. The van der Waals surface area contributed by atoms with Gasteiger partial charge in [0.05, 0.1) is 29.8 Å². The number of ether oxygens (including phenoxy) is 1. The summed E-state index contributed by atoms with van der Waals surface area (Å²) in [5, 5.41) is 22.4. The molecule has 0 bridgehead atoms. The molecule has 3 rings (SSSR count). The first-order chi connectivity index (χ1) is 10.0. The molecule has 108 valence electrons. The van der Waals surface area contributed by atoms with Gasteiger partial charge in [-0.15, -0.1) is 0 Å². The normalized spacial score (nSPS) is 12.7. The maximum atomic E-state index is 11.1. The molecule has 1 atom stereocenters. The molecule has 21 heavy (non-hydrogen) atoms. The zero-order chi connectivity index (χ0) is 15.1. The molecule has 0 amide bonds. The van der Waals surface area contributed by atoms with Gasteiger partial charge in [-0.1, -0.05) is 0 Å². The standard InChI is InChI=1S/C15H13NO5/c1-8(17)11-6-12-10-4-3-9(20-2)5-14(10)21-15(12)7-13(11)16(18)19/h3-8,17H,1-2H3. The summed E-state index contributed by atoms with van der Waals surface area (Å²) < 4.78 is 10.8. The van der Waals surface area contributed by atoms with Gasteiger partial charge in [0, 0.05) is 16.8 Å². The van der Waals surface area contributed by atoms with Crippen molar-refractivity contribution in [3.63, 3.8) is 0 Å². The number of aliphatic hydroxyl groups is 1. The first-order valence-corrected chi connectivity index (χ1v) is 6.38. The molecular formula is C15H13NO5. The summed E-state index contributed by atoms with van der Waals surface area (Å²) in [4.78, 5) is 10.6. The maximum absolute atomic E-state index is 11.1. The monoisotopic (exact) mass is 287 g/mol. The topological polar surface area (TPSA) is 85.7 Å². The lowest BCUT2D eigenvalue weighted by molar-refractivity contribution is -0.386. The summed E-state index contributed by atoms with van der Waals surface area (Å²) in [6.07, 6.45) is -0.932. The number of hydrogen-bond acceptors (Lipinski definition) is 5. The third-order valence-corrected chi connectivity index (χ3v) is 3.47. The SMILES string of the molecule is COc1ccc2c(c1)oc1cc([N+](=O)[O-])c(C(C)O)cc12. The number of furan rings is 1. The van der Waals surface area contributed by atoms with Crippen molar-refractivity contribution in [1.82, 2.24) is 0 Å². The molecule has 1 heterocycles. The minimum Gasteiger partial charge on any atom is -0.497 e. The van der Waals surface area contributed by atoms with Crippen LogP contribution in [-0.2, 0) is 0 Å². The van der Waals surface area contributed by atoms with E-state index in [1.807, 2.05) is 6.07 Å². The Morgan fingerprint density at radius 1 is 1.24 bits per heavy atom. The van der Waals surface area contributed by atoms with Crippen LogP contribution in [0.2, 0.25) is 0 Å². The van der Waals surface area contributed by atoms with Crippen molar-refractivity contribution in [2.75, 3.05) is 7.11 Å². The number of rotatable bonds is 3. The van der Waals surface area contributed by atoms with E-state index >= 15 is 0 Å². The van der Waals surface area contributed by atoms with E-state index in [1.54, 1.807) is 25.3 Å². The van der Waals surface area contributed by atoms with Crippen LogP contribution in [0.3, 0.4) is 0 Å². The third kappa shape index (κ3) is 2.09. The highest BCUT2D eigenvalue weighted by atomic mass is 16.6. The predicted octanol–water partition coefficient (Wildman–Crippen LogP) is 3.56. The van der Waals surface area contributed by atoms with Crippen LogP contribution in [0.1, 0.15) is 18.6 Å². The van der Waals surface area contributed by atoms with Crippen molar-refractivity contribution in [3.8, 4) is 5.75 Å². The molecule has 0 saturated heterocycles. The summed E-state index contributed by atoms with van der Waals surface area (Å²) in [5.74, 6) is 0.645. The lowest BCUT2D eigenvalue weighted by Gasteiger charge is -2.05. The fourth-order valence-corrected chi connectivity index (χ4v) is 2.43. The second-order valence-electron chi connectivity index (χ2n) is 4.80. The molecular weight excluding hydrogens is 274 g/mol. The van der Waals surface area contributed by atoms with Gasteiger partial charge in [0.2, 0.25) is 0 Å². The van der Waals surface area contributed by atoms with E-state index in [0.717, 1.165) is 10.8 Å². The second kappa shape index (κ2) is 4.75. The van der Waals surface area contributed by atoms with Gasteiger partial charge in [-0.25, -0.2) is 0 Å². The zero-order valence-corrected chi connectivity index (χ0v) is 11.5. The van der Waals surface area contributed by atoms with Gasteiger partial charge in [0.1, 0.15) is 16.9 Å². The fraction of sp³-hybridized carbons (Fsp3) is 0.200. The fourth-order valence-electron chi connectivity index (χ4n) is 2.43. The number of nitro groups is 1. The lowest BCUT2D eigenvalue weighted by Crippen LogP contribution is -1.98. The molecule has 3 aromatic rings. The minimum absolute atomic E-state index is 0.150. The number of benzene rings is 2. The Morgan fingerprint density at radius 2 is 1.95 bits per heavy atom. The molecule has 0 radical (unpaired) electrons. The van der Waals surface area contributed by atoms with Gasteiger partial charge >= 0.3 is 0 Å². The first-order valence-electron chi connectivity index (χ1n) is 6.38. The van der Waals surface area contributed by atoms with Gasteiger partial charge in [0.15, 0.2) is 0 Å². The molecule has 1 unspecified atom stereocenters. The molecule has 0 aliphatic heterocycles. The van der Waals surface area contributed by atoms with Crippen molar-refractivity contribution >= 4 is 27.6 Å². The average Bonchev–Trinajstić information content (AvgIpc) is 2.82. The van der Waals surface area contributed by atoms with Crippen LogP contribution in [0, 0.1) is 10.1 Å². The van der Waals surface area contributed by atoms with Crippen LogP contribution in [0.5, 0.6) is 5.75 Å². The van der Waals surface area contributed by atoms with Gasteiger partial charge in [-0.05, 0) is 25.1 Å². The quantitative estimate of drug-likeness (QED) is 0.588. The Balaban J connectivity index is 2.36. The molecule has 0 spiro atoms. The molecule has 6 heteroatoms. The molecule has 1 aromatic heterocycles. The Morgan fingerprint density at radius 3 is 2.57 bits per heavy atom. The summed E-state index contributed by atoms with van der Waals surface area (Å²) in [6.45, 7) is 1.50. The van der Waals surface area contributed by atoms with Gasteiger partial charge < -0.3 is 14.3 Å². The highest BCUT2D eigenvalue weighted by Crippen LogP contribution is 2.37. The van der Waals surface area contributed by atoms with E-state index in [4.69, 9.17) is 9.15 Å². The summed E-state index contributed by atoms with van der Waals surface area (Å²) in [6, 6.07) is 8.31. The average molecular weight is 287 g/mol. The van der Waals surface area contributed by atoms with Crippen molar-refractivity contribution in [1.29, 1.82) is 0 Å². The van der Waals surface area contributed by atoms with Crippen LogP contribution in [-0.4, -0.2) is 17.1 Å². The largest absolute Gasteiger partial charge is 0.497 e.